The molecule has 1 unspecified atom stereocenters. The first kappa shape index (κ1) is 50.9. The van der Waals surface area contributed by atoms with Gasteiger partial charge in [0.05, 0.1) is 26.2 Å². The van der Waals surface area contributed by atoms with E-state index in [9.17, 15) is 54.3 Å². The van der Waals surface area contributed by atoms with E-state index in [2.05, 4.69) is 50.7 Å². The number of carbonyl (C=O) groups excluding carboxylic acids is 1. The summed E-state index contributed by atoms with van der Waals surface area (Å²) >= 11 is 7.69. The molecule has 18 nitrogen and oxygen atoms in total. The Bertz CT molecular complexity index is 1760. The third-order valence-corrected chi connectivity index (χ3v) is 11.1. The minimum Gasteiger partial charge on any atom is -0.480 e. The van der Waals surface area contributed by atoms with Crippen molar-refractivity contribution < 1.29 is 54.3 Å². The molecular weight excluding hydrogens is 925 g/mol. The Balaban J connectivity index is 1.57. The molecule has 0 saturated carbocycles. The molecule has 1 saturated heterocycles. The van der Waals surface area contributed by atoms with Crippen molar-refractivity contribution in [1.82, 2.24) is 30.2 Å². The van der Waals surface area contributed by atoms with Crippen LogP contribution in [0.15, 0.2) is 48.5 Å². The summed E-state index contributed by atoms with van der Waals surface area (Å²) in [5.74, 6) is -5.42. The fourth-order valence-electron chi connectivity index (χ4n) is 7.01. The molecule has 1 heterocycles. The number of nitrogens with one attached hydrogen (secondary N) is 3. The largest absolute Gasteiger partial charge is 0.480 e. The van der Waals surface area contributed by atoms with Gasteiger partial charge in [-0.25, -0.2) is 4.79 Å². The van der Waals surface area contributed by atoms with Crippen molar-refractivity contribution in [3.05, 3.63) is 63.2 Å². The first-order valence-electron chi connectivity index (χ1n) is 20.2. The molecule has 8 N–H and O–H groups in total. The highest BCUT2D eigenvalue weighted by atomic mass is 127. The Kier molecular flexibility index (Phi) is 22.9. The van der Waals surface area contributed by atoms with Crippen LogP contribution >= 0.6 is 34.8 Å². The molecule has 1 aliphatic rings. The maximum absolute atomic E-state index is 12.2. The van der Waals surface area contributed by atoms with E-state index in [0.717, 1.165) is 24.8 Å². The van der Waals surface area contributed by atoms with Gasteiger partial charge in [-0.15, -0.1) is 0 Å². The number of halogens is 1. The Labute approximate surface area is 374 Å². The summed E-state index contributed by atoms with van der Waals surface area (Å²) in [6, 6.07) is 13.8. The van der Waals surface area contributed by atoms with Crippen LogP contribution in [0.2, 0.25) is 0 Å². The number of nitrogens with zero attached hydrogens (tertiary/aromatic N) is 4. The van der Waals surface area contributed by atoms with E-state index in [-0.39, 0.29) is 83.0 Å². The van der Waals surface area contributed by atoms with Gasteiger partial charge in [0.1, 0.15) is 6.04 Å². The number of amides is 1. The molecule has 336 valence electrons. The van der Waals surface area contributed by atoms with Crippen molar-refractivity contribution in [3.63, 3.8) is 0 Å². The Morgan fingerprint density at radius 1 is 0.672 bits per heavy atom. The Morgan fingerprint density at radius 2 is 1.21 bits per heavy atom. The lowest BCUT2D eigenvalue weighted by Crippen LogP contribution is -2.53. The number of thiocarbonyl (C=S) groups is 1. The molecule has 0 radical (unpaired) electrons. The molecule has 1 fully saturated rings. The van der Waals surface area contributed by atoms with Crippen molar-refractivity contribution in [3.8, 4) is 0 Å². The van der Waals surface area contributed by atoms with Gasteiger partial charge < -0.3 is 41.5 Å². The second-order valence-corrected chi connectivity index (χ2v) is 16.7. The predicted octanol–water partition coefficient (Wildman–Crippen LogP) is 2.20. The van der Waals surface area contributed by atoms with Gasteiger partial charge in [-0.1, -0.05) is 37.1 Å². The Hall–Kier alpha value is -4.48. The molecule has 61 heavy (non-hydrogen) atoms. The van der Waals surface area contributed by atoms with Crippen LogP contribution in [0.4, 0.5) is 5.69 Å². The van der Waals surface area contributed by atoms with E-state index >= 15 is 0 Å². The van der Waals surface area contributed by atoms with Gasteiger partial charge in [0, 0.05) is 74.1 Å². The zero-order valence-electron chi connectivity index (χ0n) is 34.2. The maximum atomic E-state index is 12.2. The number of carboxylic acids is 5. The SMILES string of the molecule is O=C(O)CN1CCN(CC(=O)O)CCN(CC(=O)O)C(Cc2ccc(NC(=S)N[C@@H](CCCCCNC(=O)CCCc3ccc(I)cc3)C(=O)O)cc2)CN(CC(=O)O)CC1. The van der Waals surface area contributed by atoms with Crippen molar-refractivity contribution in [2.75, 3.05) is 83.9 Å². The first-order valence-corrected chi connectivity index (χ1v) is 21.7. The average molecular weight is 984 g/mol. The van der Waals surface area contributed by atoms with Gasteiger partial charge >= 0.3 is 29.8 Å². The van der Waals surface area contributed by atoms with Crippen molar-refractivity contribution in [1.29, 1.82) is 0 Å². The molecule has 0 aliphatic carbocycles. The third kappa shape index (κ3) is 21.7. The topological polar surface area (TPSA) is 253 Å². The van der Waals surface area contributed by atoms with Crippen LogP contribution in [-0.4, -0.2) is 177 Å². The van der Waals surface area contributed by atoms with Crippen molar-refractivity contribution in [2.45, 2.75) is 63.5 Å². The lowest BCUT2D eigenvalue weighted by Gasteiger charge is -2.37. The fourth-order valence-corrected chi connectivity index (χ4v) is 7.63. The highest BCUT2D eigenvalue weighted by Crippen LogP contribution is 2.17. The summed E-state index contributed by atoms with van der Waals surface area (Å²) in [5, 5.41) is 57.3. The zero-order chi connectivity index (χ0) is 44.7. The molecule has 0 spiro atoms. The quantitative estimate of drug-likeness (QED) is 0.0452. The standard InChI is InChI=1S/C41H58IN7O11S/c42-31-12-8-29(9-13-31)5-4-7-35(50)43-16-3-1-2-6-34(40(59)60)45-41(61)44-32-14-10-30(11-15-32)23-33-24-48(27-38(55)56)20-19-46(25-36(51)52)17-18-47(26-37(53)54)21-22-49(33)28-39(57)58/h8-15,33-34H,1-7,16-28H2,(H,43,50)(H,51,52)(H,53,54)(H,55,56)(H,57,58)(H,59,60)(H2,44,45,61)/t33?,34-/m0/s1. The van der Waals surface area contributed by atoms with E-state index in [1.165, 1.54) is 9.13 Å². The lowest BCUT2D eigenvalue weighted by atomic mass is 10.0. The summed E-state index contributed by atoms with van der Waals surface area (Å²) < 4.78 is 1.17. The Morgan fingerprint density at radius 3 is 1.79 bits per heavy atom. The smallest absolute Gasteiger partial charge is 0.326 e. The van der Waals surface area contributed by atoms with Crippen LogP contribution in [0.25, 0.3) is 0 Å². The number of rotatable bonds is 23. The van der Waals surface area contributed by atoms with Crippen LogP contribution < -0.4 is 16.0 Å². The van der Waals surface area contributed by atoms with E-state index in [4.69, 9.17) is 12.2 Å². The van der Waals surface area contributed by atoms with Crippen LogP contribution in [-0.2, 0) is 41.6 Å². The van der Waals surface area contributed by atoms with Crippen LogP contribution in [0.3, 0.4) is 0 Å². The number of aryl methyl sites for hydroxylation is 1. The third-order valence-electron chi connectivity index (χ3n) is 10.1. The van der Waals surface area contributed by atoms with Gasteiger partial charge in [-0.3, -0.25) is 43.6 Å². The number of hydrogen-bond acceptors (Lipinski definition) is 11. The molecule has 0 aromatic heterocycles. The molecule has 0 bridgehead atoms. The van der Waals surface area contributed by atoms with Crippen LogP contribution in [0, 0.1) is 3.57 Å². The lowest BCUT2D eigenvalue weighted by molar-refractivity contribution is -0.142. The highest BCUT2D eigenvalue weighted by molar-refractivity contribution is 14.1. The minimum absolute atomic E-state index is 0.00234. The number of benzene rings is 2. The van der Waals surface area contributed by atoms with Gasteiger partial charge in [0.2, 0.25) is 5.91 Å². The van der Waals surface area contributed by atoms with Crippen molar-refractivity contribution >= 4 is 81.4 Å². The summed E-state index contributed by atoms with van der Waals surface area (Å²) in [6.07, 6.45) is 4.69. The van der Waals surface area contributed by atoms with Crippen LogP contribution in [0.1, 0.15) is 49.7 Å². The second-order valence-electron chi connectivity index (χ2n) is 15.1. The number of hydrogen-bond donors (Lipinski definition) is 8. The summed E-state index contributed by atoms with van der Waals surface area (Å²) in [7, 11) is 0. The number of anilines is 1. The van der Waals surface area contributed by atoms with Gasteiger partial charge in [0.25, 0.3) is 0 Å². The van der Waals surface area contributed by atoms with Crippen LogP contribution in [0.5, 0.6) is 0 Å². The molecule has 20 heteroatoms. The zero-order valence-corrected chi connectivity index (χ0v) is 37.2. The molecule has 2 aromatic carbocycles. The summed E-state index contributed by atoms with van der Waals surface area (Å²) in [4.78, 5) is 78.1. The molecule has 1 aliphatic heterocycles. The number of carboxylic acid groups (broad SMARTS) is 5. The highest BCUT2D eigenvalue weighted by Gasteiger charge is 2.28. The average Bonchev–Trinajstić information content (AvgIpc) is 3.18. The van der Waals surface area contributed by atoms with Gasteiger partial charge in [0.15, 0.2) is 5.11 Å². The predicted molar refractivity (Wildman–Crippen MR) is 240 cm³/mol. The molecule has 2 atom stereocenters. The molecular formula is C41H58IN7O11S. The second kappa shape index (κ2) is 27.5. The first-order chi connectivity index (χ1) is 29.1. The van der Waals surface area contributed by atoms with Crippen molar-refractivity contribution in [2.24, 2.45) is 0 Å². The van der Waals surface area contributed by atoms with E-state index in [0.29, 0.717) is 44.3 Å². The monoisotopic (exact) mass is 983 g/mol. The molecule has 3 rings (SSSR count). The fraction of sp³-hybridized carbons (Fsp3) is 0.537. The summed E-state index contributed by atoms with van der Waals surface area (Å²) in [5.41, 5.74) is 2.54. The molecule has 1 amide bonds. The number of unbranched alkanes of at least 4 members (excludes halogenated alkanes) is 2. The number of carbonyl (C=O) groups is 6. The van der Waals surface area contributed by atoms with Gasteiger partial charge in [-0.05, 0) is 102 Å². The molecule has 2 aromatic rings. The van der Waals surface area contributed by atoms with E-state index < -0.39 is 41.9 Å². The van der Waals surface area contributed by atoms with E-state index in [1.54, 1.807) is 43.9 Å². The number of aliphatic carboxylic acids is 5. The normalized spacial score (nSPS) is 16.6. The van der Waals surface area contributed by atoms with E-state index in [1.807, 2.05) is 12.1 Å². The van der Waals surface area contributed by atoms with Gasteiger partial charge in [-0.2, -0.15) is 0 Å². The maximum Gasteiger partial charge on any atom is 0.326 e. The summed E-state index contributed by atoms with van der Waals surface area (Å²) in [6.45, 7) is 0.390. The minimum atomic E-state index is -1.11.